The molecule has 0 unspecified atom stereocenters. The Balaban J connectivity index is 2.30. The highest BCUT2D eigenvalue weighted by Gasteiger charge is 2.22. The van der Waals surface area contributed by atoms with Gasteiger partial charge in [-0.3, -0.25) is 19.4 Å². The van der Waals surface area contributed by atoms with Crippen LogP contribution in [0.4, 0.5) is 0 Å². The normalized spacial score (nSPS) is 10.7. The second-order valence-electron chi connectivity index (χ2n) is 5.91. The third kappa shape index (κ3) is 4.50. The Labute approximate surface area is 144 Å². The van der Waals surface area contributed by atoms with Gasteiger partial charge < -0.3 is 15.0 Å². The van der Waals surface area contributed by atoms with Crippen molar-refractivity contribution < 1.29 is 14.7 Å². The molecular weight excluding hydrogens is 324 g/mol. The number of carbonyl (C=O) groups excluding carboxylic acids is 1. The fraction of sp³-hybridized carbons (Fsp3) is 0.353. The second kappa shape index (κ2) is 7.69. The Morgan fingerprint density at radius 3 is 2.60 bits per heavy atom. The molecule has 2 aromatic rings. The summed E-state index contributed by atoms with van der Waals surface area (Å²) in [7, 11) is 0. The number of aromatic nitrogens is 3. The smallest absolute Gasteiger partial charge is 0.323 e. The summed E-state index contributed by atoms with van der Waals surface area (Å²) in [6.45, 7) is 4.69. The van der Waals surface area contributed by atoms with Crippen molar-refractivity contribution in [1.29, 1.82) is 0 Å². The van der Waals surface area contributed by atoms with Crippen LogP contribution in [0.2, 0.25) is 0 Å². The minimum atomic E-state index is -1.10. The van der Waals surface area contributed by atoms with E-state index in [9.17, 15) is 14.4 Å². The van der Waals surface area contributed by atoms with Gasteiger partial charge in [-0.2, -0.15) is 0 Å². The van der Waals surface area contributed by atoms with Gasteiger partial charge >= 0.3 is 5.97 Å². The van der Waals surface area contributed by atoms with E-state index >= 15 is 0 Å². The molecule has 0 aromatic carbocycles. The average molecular weight is 344 g/mol. The maximum Gasteiger partial charge on any atom is 0.323 e. The highest BCUT2D eigenvalue weighted by Crippen LogP contribution is 2.13. The quantitative estimate of drug-likeness (QED) is 0.808. The van der Waals surface area contributed by atoms with Gasteiger partial charge in [0, 0.05) is 35.3 Å². The zero-order chi connectivity index (χ0) is 18.6. The minimum Gasteiger partial charge on any atom is -0.480 e. The van der Waals surface area contributed by atoms with Crippen molar-refractivity contribution in [2.75, 3.05) is 6.54 Å². The number of nitrogens with one attached hydrogen (secondary N) is 1. The number of nitrogens with zero attached hydrogens (tertiary/aromatic N) is 3. The topological polar surface area (TPSA) is 116 Å². The highest BCUT2D eigenvalue weighted by molar-refractivity contribution is 5.83. The fourth-order valence-electron chi connectivity index (χ4n) is 2.42. The van der Waals surface area contributed by atoms with Crippen LogP contribution >= 0.6 is 0 Å². The summed E-state index contributed by atoms with van der Waals surface area (Å²) >= 11 is 0. The van der Waals surface area contributed by atoms with Crippen molar-refractivity contribution in [2.24, 2.45) is 0 Å². The van der Waals surface area contributed by atoms with E-state index in [4.69, 9.17) is 5.11 Å². The van der Waals surface area contributed by atoms with Gasteiger partial charge in [0.15, 0.2) is 0 Å². The number of rotatable bonds is 6. The van der Waals surface area contributed by atoms with Crippen LogP contribution in [0.3, 0.4) is 0 Å². The number of pyridine rings is 1. The van der Waals surface area contributed by atoms with E-state index in [1.807, 2.05) is 0 Å². The number of carbonyl (C=O) groups is 2. The van der Waals surface area contributed by atoms with Crippen LogP contribution in [0.5, 0.6) is 0 Å². The number of aromatic amines is 1. The van der Waals surface area contributed by atoms with E-state index in [1.165, 1.54) is 4.90 Å². The molecule has 0 bridgehead atoms. The highest BCUT2D eigenvalue weighted by atomic mass is 16.4. The lowest BCUT2D eigenvalue weighted by Crippen LogP contribution is -2.42. The zero-order valence-electron chi connectivity index (χ0n) is 14.3. The Bertz CT molecular complexity index is 830. The Morgan fingerprint density at radius 2 is 2.08 bits per heavy atom. The van der Waals surface area contributed by atoms with E-state index in [2.05, 4.69) is 15.0 Å². The molecule has 0 saturated heterocycles. The summed E-state index contributed by atoms with van der Waals surface area (Å²) in [6.07, 6.45) is 2.99. The van der Waals surface area contributed by atoms with E-state index in [0.717, 1.165) is 0 Å². The molecule has 0 atom stereocenters. The van der Waals surface area contributed by atoms with Gasteiger partial charge in [-0.15, -0.1) is 0 Å². The van der Waals surface area contributed by atoms with Crippen molar-refractivity contribution in [3.8, 4) is 11.4 Å². The maximum absolute atomic E-state index is 12.4. The van der Waals surface area contributed by atoms with Crippen molar-refractivity contribution in [3.63, 3.8) is 0 Å². The first-order chi connectivity index (χ1) is 11.8. The summed E-state index contributed by atoms with van der Waals surface area (Å²) in [5, 5.41) is 8.94. The first kappa shape index (κ1) is 18.3. The number of aryl methyl sites for hydroxylation is 1. The third-order valence-corrected chi connectivity index (χ3v) is 3.73. The molecule has 8 nitrogen and oxygen atoms in total. The summed E-state index contributed by atoms with van der Waals surface area (Å²) in [4.78, 5) is 47.9. The first-order valence-electron chi connectivity index (χ1n) is 7.81. The SMILES string of the molecule is Cc1nc(-c2cccnc2)[nH]c(=O)c1CC(=O)N(CC(=O)O)C(C)C. The molecule has 0 aliphatic rings. The number of H-pyrrole nitrogens is 1. The number of amides is 1. The van der Waals surface area contributed by atoms with E-state index < -0.39 is 24.0 Å². The maximum atomic E-state index is 12.4. The van der Waals surface area contributed by atoms with Crippen LogP contribution in [0.15, 0.2) is 29.3 Å². The molecule has 2 N–H and O–H groups in total. The predicted molar refractivity (Wildman–Crippen MR) is 91.0 cm³/mol. The van der Waals surface area contributed by atoms with Crippen LogP contribution in [0.1, 0.15) is 25.1 Å². The molecule has 25 heavy (non-hydrogen) atoms. The van der Waals surface area contributed by atoms with E-state index in [-0.39, 0.29) is 18.0 Å². The lowest BCUT2D eigenvalue weighted by Gasteiger charge is -2.25. The van der Waals surface area contributed by atoms with Gasteiger partial charge in [-0.25, -0.2) is 4.98 Å². The van der Waals surface area contributed by atoms with Crippen LogP contribution in [-0.2, 0) is 16.0 Å². The molecule has 1 amide bonds. The molecule has 0 aliphatic heterocycles. The summed E-state index contributed by atoms with van der Waals surface area (Å²) in [5.74, 6) is -1.15. The number of carboxylic acid groups (broad SMARTS) is 1. The molecule has 2 rings (SSSR count). The number of hydrogen-bond donors (Lipinski definition) is 2. The molecule has 0 saturated carbocycles. The molecule has 0 radical (unpaired) electrons. The van der Waals surface area contributed by atoms with Crippen LogP contribution < -0.4 is 5.56 Å². The predicted octanol–water partition coefficient (Wildman–Crippen LogP) is 1.00. The molecule has 8 heteroatoms. The van der Waals surface area contributed by atoms with Crippen molar-refractivity contribution in [3.05, 3.63) is 46.1 Å². The van der Waals surface area contributed by atoms with Gasteiger partial charge in [-0.05, 0) is 32.9 Å². The summed E-state index contributed by atoms with van der Waals surface area (Å²) in [6, 6.07) is 3.21. The molecule has 0 spiro atoms. The monoisotopic (exact) mass is 344 g/mol. The van der Waals surface area contributed by atoms with Gasteiger partial charge in [0.1, 0.15) is 12.4 Å². The molecule has 0 aliphatic carbocycles. The second-order valence-corrected chi connectivity index (χ2v) is 5.91. The molecule has 2 heterocycles. The zero-order valence-corrected chi connectivity index (χ0v) is 14.3. The van der Waals surface area contributed by atoms with Crippen molar-refractivity contribution >= 4 is 11.9 Å². The molecular formula is C17H20N4O4. The van der Waals surface area contributed by atoms with E-state index in [1.54, 1.807) is 45.3 Å². The Kier molecular flexibility index (Phi) is 5.63. The van der Waals surface area contributed by atoms with Gasteiger partial charge in [0.05, 0.1) is 6.42 Å². The third-order valence-electron chi connectivity index (χ3n) is 3.73. The number of carboxylic acids is 1. The van der Waals surface area contributed by atoms with Crippen molar-refractivity contribution in [2.45, 2.75) is 33.2 Å². The standard InChI is InChI=1S/C17H20N4O4/c1-10(2)21(9-15(23)24)14(22)7-13-11(3)19-16(20-17(13)25)12-5-4-6-18-8-12/h4-6,8,10H,7,9H2,1-3H3,(H,23,24)(H,19,20,25). The lowest BCUT2D eigenvalue weighted by atomic mass is 10.1. The number of hydrogen-bond acceptors (Lipinski definition) is 5. The molecule has 0 fully saturated rings. The van der Waals surface area contributed by atoms with Gasteiger partial charge in [-0.1, -0.05) is 0 Å². The Hall–Kier alpha value is -3.03. The molecule has 2 aromatic heterocycles. The van der Waals surface area contributed by atoms with E-state index in [0.29, 0.717) is 17.1 Å². The van der Waals surface area contributed by atoms with Gasteiger partial charge in [0.2, 0.25) is 5.91 Å². The summed E-state index contributed by atoms with van der Waals surface area (Å²) < 4.78 is 0. The first-order valence-corrected chi connectivity index (χ1v) is 7.81. The van der Waals surface area contributed by atoms with Gasteiger partial charge in [0.25, 0.3) is 5.56 Å². The fourth-order valence-corrected chi connectivity index (χ4v) is 2.42. The molecule has 132 valence electrons. The lowest BCUT2D eigenvalue weighted by molar-refractivity contribution is -0.145. The van der Waals surface area contributed by atoms with Crippen molar-refractivity contribution in [1.82, 2.24) is 19.9 Å². The number of aliphatic carboxylic acids is 1. The van der Waals surface area contributed by atoms with Crippen LogP contribution in [0, 0.1) is 6.92 Å². The largest absolute Gasteiger partial charge is 0.480 e. The Morgan fingerprint density at radius 1 is 1.36 bits per heavy atom. The summed E-state index contributed by atoms with van der Waals surface area (Å²) in [5.41, 5.74) is 0.901. The average Bonchev–Trinajstić information content (AvgIpc) is 2.56. The van der Waals surface area contributed by atoms with Crippen LogP contribution in [0.25, 0.3) is 11.4 Å². The van der Waals surface area contributed by atoms with Crippen LogP contribution in [-0.4, -0.2) is 49.4 Å². The minimum absolute atomic E-state index is 0.201.